The van der Waals surface area contributed by atoms with E-state index < -0.39 is 0 Å². The standard InChI is InChI=1S/C18H36/c1-3-5-7-9-11-13-15-17-18-16-14-12-10-8-6-4-2/h15,17H,3-14,16,18H2,1-2H3. The van der Waals surface area contributed by atoms with Crippen molar-refractivity contribution < 1.29 is 0 Å². The maximum absolute atomic E-state index is 2.41. The summed E-state index contributed by atoms with van der Waals surface area (Å²) in [7, 11) is 0. The molecule has 0 bridgehead atoms. The van der Waals surface area contributed by atoms with E-state index in [0.717, 1.165) is 0 Å². The van der Waals surface area contributed by atoms with Crippen LogP contribution in [0.15, 0.2) is 12.2 Å². The molecule has 0 unspecified atom stereocenters. The highest BCUT2D eigenvalue weighted by molar-refractivity contribution is 4.81. The SMILES string of the molecule is CCCCCCCC=CCCCCCCCCC. The van der Waals surface area contributed by atoms with E-state index in [1.165, 1.54) is 89.9 Å². The lowest BCUT2D eigenvalue weighted by Gasteiger charge is -1.99. The van der Waals surface area contributed by atoms with Crippen molar-refractivity contribution >= 4 is 0 Å². The highest BCUT2D eigenvalue weighted by atomic mass is 14.0. The molecule has 0 aromatic heterocycles. The van der Waals surface area contributed by atoms with Gasteiger partial charge in [0, 0.05) is 0 Å². The van der Waals surface area contributed by atoms with Gasteiger partial charge in [-0.1, -0.05) is 90.2 Å². The summed E-state index contributed by atoms with van der Waals surface area (Å²) >= 11 is 0. The molecule has 0 aliphatic carbocycles. The largest absolute Gasteiger partial charge is 0.0885 e. The van der Waals surface area contributed by atoms with Crippen LogP contribution < -0.4 is 0 Å². The molecule has 0 radical (unpaired) electrons. The first-order chi connectivity index (χ1) is 8.91. The van der Waals surface area contributed by atoms with E-state index in [0.29, 0.717) is 0 Å². The summed E-state index contributed by atoms with van der Waals surface area (Å²) in [6.07, 6.45) is 24.4. The summed E-state index contributed by atoms with van der Waals surface area (Å²) in [5, 5.41) is 0. The zero-order valence-corrected chi connectivity index (χ0v) is 13.1. The molecule has 0 nitrogen and oxygen atoms in total. The molecule has 0 amide bonds. The predicted octanol–water partition coefficient (Wildman–Crippen LogP) is 7.04. The smallest absolute Gasteiger partial charge is 0.0351 e. The fourth-order valence-corrected chi connectivity index (χ4v) is 2.32. The topological polar surface area (TPSA) is 0 Å². The molecule has 108 valence electrons. The minimum absolute atomic E-state index is 1.31. The summed E-state index contributed by atoms with van der Waals surface area (Å²) in [5.74, 6) is 0. The molecule has 0 aliphatic rings. The zero-order valence-electron chi connectivity index (χ0n) is 13.1. The molecular weight excluding hydrogens is 216 g/mol. The maximum atomic E-state index is 2.41. The third-order valence-electron chi connectivity index (χ3n) is 3.62. The minimum atomic E-state index is 1.31. The lowest BCUT2D eigenvalue weighted by atomic mass is 10.1. The Morgan fingerprint density at radius 2 is 0.778 bits per heavy atom. The Morgan fingerprint density at radius 3 is 1.17 bits per heavy atom. The van der Waals surface area contributed by atoms with Crippen molar-refractivity contribution in [3.63, 3.8) is 0 Å². The summed E-state index contributed by atoms with van der Waals surface area (Å²) in [6.45, 7) is 4.56. The minimum Gasteiger partial charge on any atom is -0.0885 e. The van der Waals surface area contributed by atoms with Gasteiger partial charge in [-0.25, -0.2) is 0 Å². The van der Waals surface area contributed by atoms with Gasteiger partial charge >= 0.3 is 0 Å². The monoisotopic (exact) mass is 252 g/mol. The average Bonchev–Trinajstić information content (AvgIpc) is 2.39. The van der Waals surface area contributed by atoms with Gasteiger partial charge in [0.1, 0.15) is 0 Å². The second-order valence-electron chi connectivity index (χ2n) is 5.58. The molecule has 0 aliphatic heterocycles. The van der Waals surface area contributed by atoms with E-state index in [1.807, 2.05) is 0 Å². The number of unbranched alkanes of at least 4 members (excludes halogenated alkanes) is 12. The van der Waals surface area contributed by atoms with E-state index >= 15 is 0 Å². The second-order valence-corrected chi connectivity index (χ2v) is 5.58. The molecule has 0 aromatic carbocycles. The first kappa shape index (κ1) is 17.7. The third kappa shape index (κ3) is 15.7. The van der Waals surface area contributed by atoms with E-state index in [4.69, 9.17) is 0 Å². The Labute approximate surface area is 116 Å². The summed E-state index contributed by atoms with van der Waals surface area (Å²) < 4.78 is 0. The zero-order chi connectivity index (χ0) is 13.3. The van der Waals surface area contributed by atoms with Gasteiger partial charge in [-0.2, -0.15) is 0 Å². The van der Waals surface area contributed by atoms with Crippen LogP contribution in [0.2, 0.25) is 0 Å². The predicted molar refractivity (Wildman–Crippen MR) is 85.1 cm³/mol. The van der Waals surface area contributed by atoms with Gasteiger partial charge in [0.15, 0.2) is 0 Å². The molecule has 0 fully saturated rings. The maximum Gasteiger partial charge on any atom is -0.0351 e. The van der Waals surface area contributed by atoms with Crippen LogP contribution in [0.5, 0.6) is 0 Å². The average molecular weight is 252 g/mol. The van der Waals surface area contributed by atoms with Crippen molar-refractivity contribution in [2.24, 2.45) is 0 Å². The molecular formula is C18H36. The summed E-state index contributed by atoms with van der Waals surface area (Å²) in [5.41, 5.74) is 0. The highest BCUT2D eigenvalue weighted by Gasteiger charge is 1.89. The van der Waals surface area contributed by atoms with Gasteiger partial charge in [0.2, 0.25) is 0 Å². The Bertz CT molecular complexity index is 157. The van der Waals surface area contributed by atoms with E-state index in [1.54, 1.807) is 0 Å². The molecule has 0 saturated carbocycles. The first-order valence-corrected chi connectivity index (χ1v) is 8.56. The van der Waals surface area contributed by atoms with Gasteiger partial charge in [-0.3, -0.25) is 0 Å². The van der Waals surface area contributed by atoms with Gasteiger partial charge in [-0.15, -0.1) is 0 Å². The second kappa shape index (κ2) is 16.7. The van der Waals surface area contributed by atoms with Crippen LogP contribution in [0, 0.1) is 0 Å². The number of allylic oxidation sites excluding steroid dienone is 2. The van der Waals surface area contributed by atoms with Gasteiger partial charge in [0.05, 0.1) is 0 Å². The van der Waals surface area contributed by atoms with Crippen LogP contribution >= 0.6 is 0 Å². The number of hydrogen-bond donors (Lipinski definition) is 0. The van der Waals surface area contributed by atoms with Gasteiger partial charge < -0.3 is 0 Å². The lowest BCUT2D eigenvalue weighted by Crippen LogP contribution is -1.79. The van der Waals surface area contributed by atoms with Crippen LogP contribution in [0.3, 0.4) is 0 Å². The first-order valence-electron chi connectivity index (χ1n) is 8.56. The molecule has 0 heteroatoms. The fourth-order valence-electron chi connectivity index (χ4n) is 2.32. The molecule has 18 heavy (non-hydrogen) atoms. The quantitative estimate of drug-likeness (QED) is 0.230. The van der Waals surface area contributed by atoms with Crippen molar-refractivity contribution in [2.45, 2.75) is 104 Å². The molecule has 0 atom stereocenters. The molecule has 0 heterocycles. The van der Waals surface area contributed by atoms with Gasteiger partial charge in [-0.05, 0) is 25.7 Å². The van der Waals surface area contributed by atoms with Crippen molar-refractivity contribution in [1.82, 2.24) is 0 Å². The van der Waals surface area contributed by atoms with Crippen molar-refractivity contribution in [1.29, 1.82) is 0 Å². The highest BCUT2D eigenvalue weighted by Crippen LogP contribution is 2.09. The summed E-state index contributed by atoms with van der Waals surface area (Å²) in [4.78, 5) is 0. The Balaban J connectivity index is 3.00. The van der Waals surface area contributed by atoms with Crippen LogP contribution in [0.25, 0.3) is 0 Å². The Hall–Kier alpha value is -0.260. The van der Waals surface area contributed by atoms with E-state index in [2.05, 4.69) is 26.0 Å². The van der Waals surface area contributed by atoms with Crippen molar-refractivity contribution in [3.8, 4) is 0 Å². The molecule has 0 spiro atoms. The molecule has 0 rings (SSSR count). The number of rotatable bonds is 14. The van der Waals surface area contributed by atoms with Gasteiger partial charge in [0.25, 0.3) is 0 Å². The van der Waals surface area contributed by atoms with Crippen molar-refractivity contribution in [2.75, 3.05) is 0 Å². The third-order valence-corrected chi connectivity index (χ3v) is 3.62. The molecule has 0 aromatic rings. The van der Waals surface area contributed by atoms with Crippen LogP contribution in [-0.4, -0.2) is 0 Å². The normalized spacial score (nSPS) is 11.4. The van der Waals surface area contributed by atoms with E-state index in [9.17, 15) is 0 Å². The van der Waals surface area contributed by atoms with Crippen LogP contribution in [0.4, 0.5) is 0 Å². The Kier molecular flexibility index (Phi) is 16.5. The summed E-state index contributed by atoms with van der Waals surface area (Å²) in [6, 6.07) is 0. The lowest BCUT2D eigenvalue weighted by molar-refractivity contribution is 0.591. The number of hydrogen-bond acceptors (Lipinski definition) is 0. The molecule has 0 saturated heterocycles. The fraction of sp³-hybridized carbons (Fsp3) is 0.889. The molecule has 0 N–H and O–H groups in total. The van der Waals surface area contributed by atoms with E-state index in [-0.39, 0.29) is 0 Å². The Morgan fingerprint density at radius 1 is 0.444 bits per heavy atom. The van der Waals surface area contributed by atoms with Crippen LogP contribution in [0.1, 0.15) is 104 Å². The van der Waals surface area contributed by atoms with Crippen molar-refractivity contribution in [3.05, 3.63) is 12.2 Å². The van der Waals surface area contributed by atoms with Crippen LogP contribution in [-0.2, 0) is 0 Å².